The molecule has 0 aromatic carbocycles. The normalized spacial score (nSPS) is 15.8. The average molecular weight is 310 g/mol. The van der Waals surface area contributed by atoms with E-state index in [1.165, 1.54) is 5.69 Å². The molecule has 0 bridgehead atoms. The van der Waals surface area contributed by atoms with Crippen LogP contribution in [0.5, 0.6) is 0 Å². The second-order valence-electron chi connectivity index (χ2n) is 3.42. The third-order valence-electron chi connectivity index (χ3n) is 2.08. The number of aromatic nitrogens is 2. The predicted molar refractivity (Wildman–Crippen MR) is 62.3 cm³/mol. The summed E-state index contributed by atoms with van der Waals surface area (Å²) in [5.74, 6) is 0.524. The minimum atomic E-state index is 0.524. The van der Waals surface area contributed by atoms with Crippen LogP contribution in [-0.4, -0.2) is 14.6 Å². The Morgan fingerprint density at radius 1 is 1.54 bits per heavy atom. The summed E-state index contributed by atoms with van der Waals surface area (Å²) in [5.41, 5.74) is 1.27. The predicted octanol–water partition coefficient (Wildman–Crippen LogP) is 3.46. The number of aryl methyl sites for hydroxylation is 1. The van der Waals surface area contributed by atoms with Gasteiger partial charge in [0.15, 0.2) is 0 Å². The molecular weight excluding hydrogens is 296 g/mol. The lowest BCUT2D eigenvalue weighted by atomic mass is 10.0. The van der Waals surface area contributed by atoms with Gasteiger partial charge in [-0.05, 0) is 22.4 Å². The molecule has 1 heterocycles. The molecule has 1 aromatic heterocycles. The van der Waals surface area contributed by atoms with Gasteiger partial charge in [0.05, 0.1) is 16.4 Å². The van der Waals surface area contributed by atoms with Crippen molar-refractivity contribution in [3.8, 4) is 0 Å². The summed E-state index contributed by atoms with van der Waals surface area (Å²) >= 11 is 7.07. The van der Waals surface area contributed by atoms with Gasteiger partial charge in [-0.3, -0.25) is 4.68 Å². The zero-order valence-electron chi connectivity index (χ0n) is 8.09. The molecule has 0 aliphatic carbocycles. The van der Waals surface area contributed by atoms with Gasteiger partial charge in [0, 0.05) is 17.8 Å². The Labute approximate surface area is 96.0 Å². The van der Waals surface area contributed by atoms with Crippen molar-refractivity contribution in [2.24, 2.45) is 7.05 Å². The molecule has 0 saturated carbocycles. The summed E-state index contributed by atoms with van der Waals surface area (Å²) in [4.78, 5) is 0.546. The summed E-state index contributed by atoms with van der Waals surface area (Å²) in [6.07, 6.45) is 2.98. The highest BCUT2D eigenvalue weighted by Gasteiger charge is 2.15. The van der Waals surface area contributed by atoms with Gasteiger partial charge in [-0.15, -0.1) is 0 Å². The van der Waals surface area contributed by atoms with E-state index in [9.17, 15) is 0 Å². The van der Waals surface area contributed by atoms with Gasteiger partial charge in [-0.1, -0.05) is 29.8 Å². The van der Waals surface area contributed by atoms with E-state index >= 15 is 0 Å². The van der Waals surface area contributed by atoms with Crippen molar-refractivity contribution >= 4 is 31.9 Å². The van der Waals surface area contributed by atoms with Gasteiger partial charge in [0.1, 0.15) is 0 Å². The molecule has 0 fully saturated rings. The number of nitrogens with zero attached hydrogens (tertiary/aromatic N) is 2. The van der Waals surface area contributed by atoms with E-state index in [0.717, 1.165) is 10.9 Å². The van der Waals surface area contributed by atoms with E-state index in [1.54, 1.807) is 0 Å². The fourth-order valence-electron chi connectivity index (χ4n) is 1.57. The molecule has 0 aliphatic heterocycles. The molecule has 0 amide bonds. The number of hydrogen-bond acceptors (Lipinski definition) is 1. The van der Waals surface area contributed by atoms with Gasteiger partial charge in [0.25, 0.3) is 0 Å². The first-order chi connectivity index (χ1) is 6.02. The zero-order valence-corrected chi connectivity index (χ0v) is 11.3. The molecule has 2 nitrogen and oxygen atoms in total. The van der Waals surface area contributed by atoms with E-state index in [-0.39, 0.29) is 0 Å². The van der Waals surface area contributed by atoms with E-state index in [4.69, 9.17) is 0 Å². The maximum Gasteiger partial charge on any atom is 0.0635 e. The number of rotatable bonds is 3. The molecule has 0 spiro atoms. The highest BCUT2D eigenvalue weighted by molar-refractivity contribution is 9.10. The number of alkyl halides is 1. The van der Waals surface area contributed by atoms with Crippen LogP contribution in [0.15, 0.2) is 10.7 Å². The first-order valence-electron chi connectivity index (χ1n) is 4.33. The molecule has 13 heavy (non-hydrogen) atoms. The van der Waals surface area contributed by atoms with Crippen molar-refractivity contribution in [1.29, 1.82) is 0 Å². The Balaban J connectivity index is 2.81. The standard InChI is InChI=1S/C9H14Br2N2/c1-6(4-7(2)10)9-8(11)5-12-13(9)3/h5-7H,4H2,1-3H3. The van der Waals surface area contributed by atoms with E-state index < -0.39 is 0 Å². The highest BCUT2D eigenvalue weighted by Crippen LogP contribution is 2.28. The first-order valence-corrected chi connectivity index (χ1v) is 6.04. The molecule has 0 aliphatic rings. The van der Waals surface area contributed by atoms with Crippen LogP contribution in [-0.2, 0) is 7.05 Å². The molecule has 2 unspecified atom stereocenters. The molecule has 1 aromatic rings. The van der Waals surface area contributed by atoms with Crippen LogP contribution in [0.4, 0.5) is 0 Å². The van der Waals surface area contributed by atoms with E-state index in [1.807, 2.05) is 17.9 Å². The van der Waals surface area contributed by atoms with Crippen molar-refractivity contribution < 1.29 is 0 Å². The van der Waals surface area contributed by atoms with Crippen molar-refractivity contribution in [3.63, 3.8) is 0 Å². The van der Waals surface area contributed by atoms with E-state index in [0.29, 0.717) is 10.7 Å². The average Bonchev–Trinajstić information content (AvgIpc) is 2.29. The van der Waals surface area contributed by atoms with Crippen molar-refractivity contribution in [2.45, 2.75) is 31.0 Å². The lowest BCUT2D eigenvalue weighted by Gasteiger charge is -2.13. The minimum Gasteiger partial charge on any atom is -0.271 e. The molecule has 0 N–H and O–H groups in total. The monoisotopic (exact) mass is 308 g/mol. The maximum absolute atomic E-state index is 4.20. The maximum atomic E-state index is 4.20. The first kappa shape index (κ1) is 11.2. The fraction of sp³-hybridized carbons (Fsp3) is 0.667. The van der Waals surface area contributed by atoms with Crippen LogP contribution in [0.1, 0.15) is 31.9 Å². The smallest absolute Gasteiger partial charge is 0.0635 e. The van der Waals surface area contributed by atoms with Gasteiger partial charge in [0.2, 0.25) is 0 Å². The Morgan fingerprint density at radius 2 is 2.15 bits per heavy atom. The third kappa shape index (κ3) is 2.81. The third-order valence-corrected chi connectivity index (χ3v) is 3.07. The van der Waals surface area contributed by atoms with Crippen molar-refractivity contribution in [1.82, 2.24) is 9.78 Å². The van der Waals surface area contributed by atoms with Crippen LogP contribution in [0.2, 0.25) is 0 Å². The summed E-state index contributed by atoms with van der Waals surface area (Å²) in [5, 5.41) is 4.20. The Kier molecular flexibility index (Phi) is 3.98. The number of halogens is 2. The van der Waals surface area contributed by atoms with Gasteiger partial charge in [-0.25, -0.2) is 0 Å². The Bertz CT molecular complexity index is 262. The topological polar surface area (TPSA) is 17.8 Å². The van der Waals surface area contributed by atoms with Crippen LogP contribution < -0.4 is 0 Å². The van der Waals surface area contributed by atoms with Gasteiger partial charge < -0.3 is 0 Å². The molecular formula is C9H14Br2N2. The van der Waals surface area contributed by atoms with Crippen molar-refractivity contribution in [3.05, 3.63) is 16.4 Å². The molecule has 2 atom stereocenters. The van der Waals surface area contributed by atoms with Crippen LogP contribution in [0, 0.1) is 0 Å². The molecule has 4 heteroatoms. The van der Waals surface area contributed by atoms with E-state index in [2.05, 4.69) is 50.8 Å². The lowest BCUT2D eigenvalue weighted by molar-refractivity contribution is 0.600. The zero-order chi connectivity index (χ0) is 10.0. The fourth-order valence-corrected chi connectivity index (χ4v) is 2.87. The molecule has 74 valence electrons. The molecule has 0 saturated heterocycles. The highest BCUT2D eigenvalue weighted by atomic mass is 79.9. The quantitative estimate of drug-likeness (QED) is 0.782. The largest absolute Gasteiger partial charge is 0.271 e. The van der Waals surface area contributed by atoms with Crippen LogP contribution >= 0.6 is 31.9 Å². The number of hydrogen-bond donors (Lipinski definition) is 0. The summed E-state index contributed by atoms with van der Waals surface area (Å²) in [6.45, 7) is 4.39. The van der Waals surface area contributed by atoms with Crippen LogP contribution in [0.25, 0.3) is 0 Å². The molecule has 0 radical (unpaired) electrons. The summed E-state index contributed by atoms with van der Waals surface area (Å²) in [6, 6.07) is 0. The van der Waals surface area contributed by atoms with Gasteiger partial charge >= 0.3 is 0 Å². The molecule has 1 rings (SSSR count). The second kappa shape index (κ2) is 4.60. The SMILES string of the molecule is CC(Br)CC(C)c1c(Br)cnn1C. The second-order valence-corrected chi connectivity index (χ2v) is 5.84. The summed E-state index contributed by atoms with van der Waals surface area (Å²) < 4.78 is 3.04. The van der Waals surface area contributed by atoms with Gasteiger partial charge in [-0.2, -0.15) is 5.10 Å². The Morgan fingerprint density at radius 3 is 2.54 bits per heavy atom. The minimum absolute atomic E-state index is 0.524. The van der Waals surface area contributed by atoms with Crippen LogP contribution in [0.3, 0.4) is 0 Å². The summed E-state index contributed by atoms with van der Waals surface area (Å²) in [7, 11) is 1.98. The lowest BCUT2D eigenvalue weighted by Crippen LogP contribution is -2.06. The Hall–Kier alpha value is 0.170. The van der Waals surface area contributed by atoms with Crippen molar-refractivity contribution in [2.75, 3.05) is 0 Å².